The van der Waals surface area contributed by atoms with E-state index in [1.165, 1.54) is 0 Å². The lowest BCUT2D eigenvalue weighted by Gasteiger charge is -1.95. The van der Waals surface area contributed by atoms with Gasteiger partial charge in [-0.3, -0.25) is 9.59 Å². The minimum absolute atomic E-state index is 0.141. The van der Waals surface area contributed by atoms with Crippen LogP contribution in [0.15, 0.2) is 29.4 Å². The van der Waals surface area contributed by atoms with E-state index in [-0.39, 0.29) is 18.3 Å². The summed E-state index contributed by atoms with van der Waals surface area (Å²) in [6, 6.07) is 6.78. The fraction of sp³-hybridized carbons (Fsp3) is 0.100. The summed E-state index contributed by atoms with van der Waals surface area (Å²) in [6.07, 6.45) is 0.538. The highest BCUT2D eigenvalue weighted by Crippen LogP contribution is 2.25. The molecule has 0 amide bonds. The van der Waals surface area contributed by atoms with Crippen LogP contribution in [0.2, 0.25) is 0 Å². The van der Waals surface area contributed by atoms with Crippen molar-refractivity contribution in [2.24, 2.45) is 5.16 Å². The van der Waals surface area contributed by atoms with Crippen molar-refractivity contribution in [3.05, 3.63) is 29.8 Å². The Kier molecular flexibility index (Phi) is 2.45. The lowest BCUT2D eigenvalue weighted by Crippen LogP contribution is -2.13. The molecule has 0 radical (unpaired) electrons. The highest BCUT2D eigenvalue weighted by atomic mass is 16.7. The van der Waals surface area contributed by atoms with Gasteiger partial charge in [0.2, 0.25) is 0 Å². The van der Waals surface area contributed by atoms with Crippen LogP contribution < -0.4 is 4.74 Å². The molecule has 0 saturated carbocycles. The molecule has 0 spiro atoms. The molecule has 1 aromatic rings. The van der Waals surface area contributed by atoms with Crippen LogP contribution in [0.4, 0.5) is 0 Å². The third-order valence-corrected chi connectivity index (χ3v) is 1.82. The molecule has 1 aliphatic heterocycles. The van der Waals surface area contributed by atoms with Crippen molar-refractivity contribution < 1.29 is 19.2 Å². The van der Waals surface area contributed by atoms with Crippen LogP contribution in [0.25, 0.3) is 0 Å². The molecule has 1 heterocycles. The zero-order valence-corrected chi connectivity index (χ0v) is 7.67. The fourth-order valence-electron chi connectivity index (χ4n) is 1.20. The normalized spacial score (nSPS) is 16.0. The number of aldehydes is 1. The standard InChI is InChI=1S/C10H7NO4/c12-5-6-14-11-10-9(13)7-3-1-2-4-8(7)15-10/h1-5H,6H2. The number of Topliss-reactive ketones (excluding diaryl/α,β-unsaturated/α-hetero) is 1. The first-order valence-corrected chi connectivity index (χ1v) is 4.28. The van der Waals surface area contributed by atoms with E-state index in [0.29, 0.717) is 17.6 Å². The third kappa shape index (κ3) is 1.71. The van der Waals surface area contributed by atoms with E-state index in [2.05, 4.69) is 9.99 Å². The van der Waals surface area contributed by atoms with Gasteiger partial charge in [-0.05, 0) is 17.3 Å². The number of rotatable bonds is 3. The molecule has 0 bridgehead atoms. The van der Waals surface area contributed by atoms with Gasteiger partial charge in [-0.1, -0.05) is 12.1 Å². The number of benzene rings is 1. The lowest BCUT2D eigenvalue weighted by atomic mass is 10.1. The van der Waals surface area contributed by atoms with Gasteiger partial charge >= 0.3 is 5.90 Å². The van der Waals surface area contributed by atoms with E-state index >= 15 is 0 Å². The average molecular weight is 205 g/mol. The van der Waals surface area contributed by atoms with Gasteiger partial charge in [0.05, 0.1) is 5.56 Å². The third-order valence-electron chi connectivity index (χ3n) is 1.82. The summed E-state index contributed by atoms with van der Waals surface area (Å²) in [6.45, 7) is -0.198. The van der Waals surface area contributed by atoms with Gasteiger partial charge in [-0.2, -0.15) is 0 Å². The lowest BCUT2D eigenvalue weighted by molar-refractivity contribution is -0.111. The van der Waals surface area contributed by atoms with Gasteiger partial charge in [-0.25, -0.2) is 0 Å². The Hall–Kier alpha value is -2.17. The highest BCUT2D eigenvalue weighted by molar-refractivity contribution is 6.46. The summed E-state index contributed by atoms with van der Waals surface area (Å²) in [7, 11) is 0. The molecule has 2 rings (SSSR count). The molecule has 0 N–H and O–H groups in total. The van der Waals surface area contributed by atoms with Crippen LogP contribution in [0.3, 0.4) is 0 Å². The number of ketones is 1. The molecule has 0 unspecified atom stereocenters. The topological polar surface area (TPSA) is 65.0 Å². The fourth-order valence-corrected chi connectivity index (χ4v) is 1.20. The van der Waals surface area contributed by atoms with Gasteiger partial charge in [0.15, 0.2) is 12.9 Å². The summed E-state index contributed by atoms with van der Waals surface area (Å²) in [5.74, 6) is -0.0227. The minimum atomic E-state index is -0.337. The molecular formula is C10H7NO4. The molecule has 0 saturated heterocycles. The van der Waals surface area contributed by atoms with Crippen molar-refractivity contribution in [1.29, 1.82) is 0 Å². The van der Waals surface area contributed by atoms with E-state index in [0.717, 1.165) is 0 Å². The Balaban J connectivity index is 2.20. The molecule has 0 aromatic heterocycles. The van der Waals surface area contributed by atoms with Gasteiger partial charge in [0.25, 0.3) is 5.78 Å². The van der Waals surface area contributed by atoms with E-state index in [1.54, 1.807) is 24.3 Å². The number of ether oxygens (including phenoxy) is 1. The van der Waals surface area contributed by atoms with Gasteiger partial charge in [0, 0.05) is 0 Å². The largest absolute Gasteiger partial charge is 0.433 e. The molecule has 0 atom stereocenters. The van der Waals surface area contributed by atoms with Gasteiger partial charge < -0.3 is 9.57 Å². The SMILES string of the molecule is O=CCON=C1Oc2ccccc2C1=O. The van der Waals surface area contributed by atoms with E-state index in [9.17, 15) is 9.59 Å². The van der Waals surface area contributed by atoms with E-state index in [4.69, 9.17) is 4.74 Å². The molecule has 5 heteroatoms. The van der Waals surface area contributed by atoms with Crippen LogP contribution in [-0.4, -0.2) is 24.6 Å². The van der Waals surface area contributed by atoms with E-state index < -0.39 is 0 Å². The van der Waals surface area contributed by atoms with Crippen molar-refractivity contribution in [1.82, 2.24) is 0 Å². The first-order chi connectivity index (χ1) is 7.33. The number of carbonyl (C=O) groups excluding carboxylic acids is 2. The zero-order chi connectivity index (χ0) is 10.7. The van der Waals surface area contributed by atoms with Crippen LogP contribution in [0.5, 0.6) is 5.75 Å². The van der Waals surface area contributed by atoms with Crippen LogP contribution in [-0.2, 0) is 9.63 Å². The minimum Gasteiger partial charge on any atom is -0.433 e. The maximum Gasteiger partial charge on any atom is 0.304 e. The van der Waals surface area contributed by atoms with Crippen LogP contribution in [0.1, 0.15) is 10.4 Å². The number of para-hydroxylation sites is 1. The number of hydrogen-bond donors (Lipinski definition) is 0. The summed E-state index contributed by atoms with van der Waals surface area (Å²) in [4.78, 5) is 26.1. The number of carbonyl (C=O) groups is 2. The van der Waals surface area contributed by atoms with Gasteiger partial charge in [-0.15, -0.1) is 0 Å². The van der Waals surface area contributed by atoms with Crippen molar-refractivity contribution in [2.75, 3.05) is 6.61 Å². The molecule has 0 fully saturated rings. The smallest absolute Gasteiger partial charge is 0.304 e. The summed E-state index contributed by atoms with van der Waals surface area (Å²) in [5.41, 5.74) is 0.450. The summed E-state index contributed by atoms with van der Waals surface area (Å²) >= 11 is 0. The van der Waals surface area contributed by atoms with Crippen molar-refractivity contribution in [3.8, 4) is 5.75 Å². The Bertz CT molecular complexity index is 439. The summed E-state index contributed by atoms with van der Waals surface area (Å²) < 4.78 is 5.13. The molecule has 76 valence electrons. The van der Waals surface area contributed by atoms with Crippen molar-refractivity contribution >= 4 is 18.0 Å². The Morgan fingerprint density at radius 1 is 1.40 bits per heavy atom. The molecule has 1 aliphatic rings. The van der Waals surface area contributed by atoms with Crippen molar-refractivity contribution in [2.45, 2.75) is 0 Å². The molecule has 1 aromatic carbocycles. The Morgan fingerprint density at radius 3 is 2.93 bits per heavy atom. The van der Waals surface area contributed by atoms with Crippen molar-refractivity contribution in [3.63, 3.8) is 0 Å². The Morgan fingerprint density at radius 2 is 2.20 bits per heavy atom. The number of nitrogens with zero attached hydrogens (tertiary/aromatic N) is 1. The molecule has 5 nitrogen and oxygen atoms in total. The number of fused-ring (bicyclic) bond motifs is 1. The maximum atomic E-state index is 11.6. The second-order valence-electron chi connectivity index (χ2n) is 2.79. The number of oxime groups is 1. The second-order valence-corrected chi connectivity index (χ2v) is 2.79. The predicted octanol–water partition coefficient (Wildman–Crippen LogP) is 0.791. The van der Waals surface area contributed by atoms with E-state index in [1.807, 2.05) is 0 Å². The highest BCUT2D eigenvalue weighted by Gasteiger charge is 2.29. The van der Waals surface area contributed by atoms with Crippen LogP contribution in [0, 0.1) is 0 Å². The second kappa shape index (κ2) is 3.91. The predicted molar refractivity (Wildman–Crippen MR) is 50.9 cm³/mol. The molecule has 15 heavy (non-hydrogen) atoms. The molecule has 0 aliphatic carbocycles. The number of hydrogen-bond acceptors (Lipinski definition) is 5. The Labute approximate surface area is 85.3 Å². The molecular weight excluding hydrogens is 198 g/mol. The van der Waals surface area contributed by atoms with Gasteiger partial charge in [0.1, 0.15) is 5.75 Å². The summed E-state index contributed by atoms with van der Waals surface area (Å²) in [5, 5.41) is 3.42. The quantitative estimate of drug-likeness (QED) is 0.415. The monoisotopic (exact) mass is 205 g/mol. The zero-order valence-electron chi connectivity index (χ0n) is 7.67. The average Bonchev–Trinajstić information content (AvgIpc) is 2.57. The first kappa shape index (κ1) is 9.39. The first-order valence-electron chi connectivity index (χ1n) is 4.28. The maximum absolute atomic E-state index is 11.6. The van der Waals surface area contributed by atoms with Crippen LogP contribution >= 0.6 is 0 Å².